The number of hydrogen-bond acceptors (Lipinski definition) is 4. The van der Waals surface area contributed by atoms with Gasteiger partial charge in [-0.15, -0.1) is 0 Å². The second kappa shape index (κ2) is 4.02. The monoisotopic (exact) mass is 220 g/mol. The van der Waals surface area contributed by atoms with Crippen LogP contribution in [-0.2, 0) is 9.84 Å². The number of nitrogens with zero attached hydrogens (tertiary/aromatic N) is 2. The van der Waals surface area contributed by atoms with Crippen molar-refractivity contribution in [3.63, 3.8) is 0 Å². The van der Waals surface area contributed by atoms with Crippen molar-refractivity contribution in [1.29, 1.82) is 0 Å². The molecule has 0 fully saturated rings. The molecule has 0 amide bonds. The molecule has 72 valence electrons. The molecule has 0 bridgehead atoms. The molecule has 1 aromatic heterocycles. The Morgan fingerprint density at radius 2 is 2.15 bits per heavy atom. The van der Waals surface area contributed by atoms with Gasteiger partial charge >= 0.3 is 0 Å². The van der Waals surface area contributed by atoms with Crippen molar-refractivity contribution < 1.29 is 8.42 Å². The molecule has 0 aromatic carbocycles. The normalized spacial score (nSPS) is 11.5. The zero-order chi connectivity index (χ0) is 9.90. The maximum atomic E-state index is 11.4. The molecule has 1 heterocycles. The summed E-state index contributed by atoms with van der Waals surface area (Å²) in [5.74, 6) is 0.0715. The third kappa shape index (κ3) is 2.63. The highest BCUT2D eigenvalue weighted by molar-refractivity contribution is 7.91. The van der Waals surface area contributed by atoms with Gasteiger partial charge in [0.2, 0.25) is 0 Å². The van der Waals surface area contributed by atoms with E-state index in [1.54, 1.807) is 6.92 Å². The lowest BCUT2D eigenvalue weighted by Gasteiger charge is -2.00. The number of rotatable bonds is 3. The van der Waals surface area contributed by atoms with Gasteiger partial charge in [-0.25, -0.2) is 13.4 Å². The average Bonchev–Trinajstić information content (AvgIpc) is 2.04. The first kappa shape index (κ1) is 10.4. The van der Waals surface area contributed by atoms with Gasteiger partial charge in [-0.1, -0.05) is 18.5 Å². The summed E-state index contributed by atoms with van der Waals surface area (Å²) < 4.78 is 22.8. The molecule has 0 unspecified atom stereocenters. The maximum absolute atomic E-state index is 11.4. The average molecular weight is 221 g/mol. The largest absolute Gasteiger partial charge is 0.259 e. The summed E-state index contributed by atoms with van der Waals surface area (Å²) in [6, 6.07) is 0. The number of halogens is 1. The molecule has 1 aromatic rings. The minimum absolute atomic E-state index is 0.0538. The lowest BCUT2D eigenvalue weighted by Crippen LogP contribution is -2.08. The Kier molecular flexibility index (Phi) is 3.22. The molecule has 0 saturated heterocycles. The van der Waals surface area contributed by atoms with Crippen molar-refractivity contribution in [2.75, 3.05) is 5.75 Å². The molecular formula is C7H9ClN2O2S. The fourth-order valence-corrected chi connectivity index (χ4v) is 2.25. The van der Waals surface area contributed by atoms with Crippen molar-refractivity contribution in [3.8, 4) is 0 Å². The Morgan fingerprint density at radius 1 is 1.46 bits per heavy atom. The number of sulfone groups is 1. The highest BCUT2D eigenvalue weighted by atomic mass is 35.5. The Bertz CT molecular complexity index is 391. The topological polar surface area (TPSA) is 59.9 Å². The predicted octanol–water partition coefficient (Wildman–Crippen LogP) is 1.31. The highest BCUT2D eigenvalue weighted by Gasteiger charge is 2.15. The Hall–Kier alpha value is -0.680. The lowest BCUT2D eigenvalue weighted by atomic mass is 10.6. The summed E-state index contributed by atoms with van der Waals surface area (Å²) in [6.07, 6.45) is 3.06. The molecule has 4 nitrogen and oxygen atoms in total. The smallest absolute Gasteiger partial charge is 0.197 e. The van der Waals surface area contributed by atoms with Gasteiger partial charge in [0, 0.05) is 0 Å². The van der Waals surface area contributed by atoms with E-state index < -0.39 is 9.84 Å². The van der Waals surface area contributed by atoms with Gasteiger partial charge in [0.25, 0.3) is 0 Å². The number of aromatic nitrogens is 2. The summed E-state index contributed by atoms with van der Waals surface area (Å²) in [5.41, 5.74) is 0. The second-order valence-electron chi connectivity index (χ2n) is 2.50. The lowest BCUT2D eigenvalue weighted by molar-refractivity contribution is 0.590. The molecule has 0 N–H and O–H groups in total. The van der Waals surface area contributed by atoms with Gasteiger partial charge in [-0.2, -0.15) is 0 Å². The third-order valence-corrected chi connectivity index (χ3v) is 3.34. The van der Waals surface area contributed by atoms with Crippen LogP contribution in [0.4, 0.5) is 0 Å². The van der Waals surface area contributed by atoms with Crippen LogP contribution in [-0.4, -0.2) is 24.1 Å². The molecule has 13 heavy (non-hydrogen) atoms. The van der Waals surface area contributed by atoms with Crippen LogP contribution in [0.5, 0.6) is 0 Å². The van der Waals surface area contributed by atoms with E-state index in [0.29, 0.717) is 6.42 Å². The van der Waals surface area contributed by atoms with E-state index in [4.69, 9.17) is 11.6 Å². The van der Waals surface area contributed by atoms with E-state index >= 15 is 0 Å². The molecule has 0 saturated carbocycles. The van der Waals surface area contributed by atoms with Crippen LogP contribution in [0.1, 0.15) is 13.3 Å². The van der Waals surface area contributed by atoms with E-state index in [1.165, 1.54) is 12.4 Å². The van der Waals surface area contributed by atoms with E-state index in [2.05, 4.69) is 9.97 Å². The van der Waals surface area contributed by atoms with Crippen LogP contribution < -0.4 is 0 Å². The predicted molar refractivity (Wildman–Crippen MR) is 49.4 cm³/mol. The molecule has 0 aliphatic rings. The summed E-state index contributed by atoms with van der Waals surface area (Å²) in [7, 11) is -3.29. The summed E-state index contributed by atoms with van der Waals surface area (Å²) in [6.45, 7) is 1.79. The molecule has 1 rings (SSSR count). The van der Waals surface area contributed by atoms with Crippen LogP contribution in [0.2, 0.25) is 5.15 Å². The minimum Gasteiger partial charge on any atom is -0.259 e. The van der Waals surface area contributed by atoms with Crippen molar-refractivity contribution in [3.05, 3.63) is 17.5 Å². The standard InChI is InChI=1S/C7H9ClN2O2S/c1-2-3-13(11,12)7-5-9-4-6(8)10-7/h4-5H,2-3H2,1H3. The minimum atomic E-state index is -3.29. The molecular weight excluding hydrogens is 212 g/mol. The SMILES string of the molecule is CCCS(=O)(=O)c1cncc(Cl)n1. The van der Waals surface area contributed by atoms with E-state index in [9.17, 15) is 8.42 Å². The van der Waals surface area contributed by atoms with E-state index in [1.807, 2.05) is 0 Å². The molecule has 6 heteroatoms. The fourth-order valence-electron chi connectivity index (χ4n) is 0.849. The van der Waals surface area contributed by atoms with Crippen molar-refractivity contribution in [1.82, 2.24) is 9.97 Å². The van der Waals surface area contributed by atoms with E-state index in [0.717, 1.165) is 0 Å². The third-order valence-electron chi connectivity index (χ3n) is 1.37. The van der Waals surface area contributed by atoms with Gasteiger partial charge < -0.3 is 0 Å². The molecule has 0 spiro atoms. The number of hydrogen-bond donors (Lipinski definition) is 0. The van der Waals surface area contributed by atoms with Crippen LogP contribution in [0, 0.1) is 0 Å². The van der Waals surface area contributed by atoms with Crippen LogP contribution in [0.25, 0.3) is 0 Å². The van der Waals surface area contributed by atoms with Crippen molar-refractivity contribution >= 4 is 21.4 Å². The zero-order valence-electron chi connectivity index (χ0n) is 7.07. The van der Waals surface area contributed by atoms with Crippen LogP contribution >= 0.6 is 11.6 Å². The maximum Gasteiger partial charge on any atom is 0.197 e. The summed E-state index contributed by atoms with van der Waals surface area (Å²) in [4.78, 5) is 7.34. The quantitative estimate of drug-likeness (QED) is 0.771. The van der Waals surface area contributed by atoms with Crippen LogP contribution in [0.15, 0.2) is 17.4 Å². The summed E-state index contributed by atoms with van der Waals surface area (Å²) in [5, 5.41) is 0.0408. The van der Waals surface area contributed by atoms with Crippen molar-refractivity contribution in [2.45, 2.75) is 18.4 Å². The van der Waals surface area contributed by atoms with Gasteiger partial charge in [-0.3, -0.25) is 4.98 Å². The van der Waals surface area contributed by atoms with Crippen LogP contribution in [0.3, 0.4) is 0 Å². The first-order valence-electron chi connectivity index (χ1n) is 3.76. The first-order valence-corrected chi connectivity index (χ1v) is 5.79. The van der Waals surface area contributed by atoms with Gasteiger partial charge in [0.15, 0.2) is 14.9 Å². The van der Waals surface area contributed by atoms with Gasteiger partial charge in [0.05, 0.1) is 18.1 Å². The molecule has 0 aliphatic heterocycles. The highest BCUT2D eigenvalue weighted by Crippen LogP contribution is 2.10. The van der Waals surface area contributed by atoms with Gasteiger partial charge in [-0.05, 0) is 6.42 Å². The zero-order valence-corrected chi connectivity index (χ0v) is 8.64. The fraction of sp³-hybridized carbons (Fsp3) is 0.429. The first-order chi connectivity index (χ1) is 6.06. The Balaban J connectivity index is 3.08. The van der Waals surface area contributed by atoms with E-state index in [-0.39, 0.29) is 15.9 Å². The van der Waals surface area contributed by atoms with Crippen molar-refractivity contribution in [2.24, 2.45) is 0 Å². The Morgan fingerprint density at radius 3 is 2.69 bits per heavy atom. The summed E-state index contributed by atoms with van der Waals surface area (Å²) >= 11 is 5.51. The van der Waals surface area contributed by atoms with Gasteiger partial charge in [0.1, 0.15) is 5.15 Å². The second-order valence-corrected chi connectivity index (χ2v) is 4.94. The molecule has 0 aliphatic carbocycles. The Labute approximate surface area is 81.9 Å². The molecule has 0 radical (unpaired) electrons. The molecule has 0 atom stereocenters.